The maximum Gasteiger partial charge on any atom is 0.119 e. The van der Waals surface area contributed by atoms with Crippen molar-refractivity contribution in [3.05, 3.63) is 65.7 Å². The van der Waals surface area contributed by atoms with E-state index < -0.39 is 0 Å². The van der Waals surface area contributed by atoms with Crippen LogP contribution in [0, 0.1) is 0 Å². The van der Waals surface area contributed by atoms with Gasteiger partial charge in [-0.2, -0.15) is 0 Å². The minimum Gasteiger partial charge on any atom is -0.491 e. The van der Waals surface area contributed by atoms with Gasteiger partial charge in [0.1, 0.15) is 12.4 Å². The Labute approximate surface area is 126 Å². The predicted octanol–water partition coefficient (Wildman–Crippen LogP) is 3.34. The Balaban J connectivity index is 1.67. The van der Waals surface area contributed by atoms with Gasteiger partial charge >= 0.3 is 0 Å². The van der Waals surface area contributed by atoms with E-state index in [2.05, 4.69) is 31.2 Å². The number of nitrogens with two attached hydrogens (primary N) is 1. The largest absolute Gasteiger partial charge is 0.491 e. The summed E-state index contributed by atoms with van der Waals surface area (Å²) >= 11 is 0. The van der Waals surface area contributed by atoms with Crippen LogP contribution in [0.4, 0.5) is 0 Å². The molecule has 0 saturated carbocycles. The van der Waals surface area contributed by atoms with Gasteiger partial charge in [0.05, 0.1) is 13.2 Å². The van der Waals surface area contributed by atoms with Crippen LogP contribution in [0.2, 0.25) is 0 Å². The van der Waals surface area contributed by atoms with Crippen LogP contribution in [-0.2, 0) is 11.3 Å². The Hall–Kier alpha value is -1.84. The van der Waals surface area contributed by atoms with Crippen molar-refractivity contribution in [3.8, 4) is 5.75 Å². The van der Waals surface area contributed by atoms with Crippen molar-refractivity contribution in [2.75, 3.05) is 19.8 Å². The van der Waals surface area contributed by atoms with Crippen LogP contribution in [0.25, 0.3) is 0 Å². The second kappa shape index (κ2) is 8.45. The van der Waals surface area contributed by atoms with Crippen LogP contribution >= 0.6 is 0 Å². The van der Waals surface area contributed by atoms with Crippen molar-refractivity contribution in [1.29, 1.82) is 0 Å². The average Bonchev–Trinajstić information content (AvgIpc) is 2.55. The molecule has 3 nitrogen and oxygen atoms in total. The zero-order chi connectivity index (χ0) is 14.9. The second-order valence-corrected chi connectivity index (χ2v) is 5.09. The lowest BCUT2D eigenvalue weighted by Crippen LogP contribution is -2.09. The van der Waals surface area contributed by atoms with E-state index in [0.717, 1.165) is 5.75 Å². The molecule has 0 fully saturated rings. The minimum atomic E-state index is 0.402. The summed E-state index contributed by atoms with van der Waals surface area (Å²) in [6, 6.07) is 18.2. The number of hydrogen-bond donors (Lipinski definition) is 1. The molecule has 0 bridgehead atoms. The van der Waals surface area contributed by atoms with E-state index >= 15 is 0 Å². The monoisotopic (exact) mass is 285 g/mol. The molecule has 0 aliphatic heterocycles. The van der Waals surface area contributed by atoms with E-state index in [1.54, 1.807) is 0 Å². The molecule has 1 atom stereocenters. The molecule has 3 heteroatoms. The summed E-state index contributed by atoms with van der Waals surface area (Å²) in [5.41, 5.74) is 8.11. The molecule has 0 radical (unpaired) electrons. The molecule has 0 spiro atoms. The summed E-state index contributed by atoms with van der Waals surface area (Å²) in [6.07, 6.45) is 0. The molecule has 2 aromatic rings. The number of para-hydroxylation sites is 1. The molecule has 0 aliphatic carbocycles. The van der Waals surface area contributed by atoms with Crippen molar-refractivity contribution in [1.82, 2.24) is 0 Å². The summed E-state index contributed by atoms with van der Waals surface area (Å²) in [7, 11) is 0. The second-order valence-electron chi connectivity index (χ2n) is 5.09. The van der Waals surface area contributed by atoms with Crippen molar-refractivity contribution in [2.24, 2.45) is 5.73 Å². The smallest absolute Gasteiger partial charge is 0.119 e. The zero-order valence-electron chi connectivity index (χ0n) is 12.5. The molecule has 112 valence electrons. The molecule has 0 amide bonds. The Bertz CT molecular complexity index is 511. The summed E-state index contributed by atoms with van der Waals surface area (Å²) in [5, 5.41) is 0. The quantitative estimate of drug-likeness (QED) is 0.757. The van der Waals surface area contributed by atoms with E-state index in [0.29, 0.717) is 32.3 Å². The Morgan fingerprint density at radius 2 is 1.67 bits per heavy atom. The number of ether oxygens (including phenoxy) is 2. The summed E-state index contributed by atoms with van der Waals surface area (Å²) < 4.78 is 11.2. The Kier molecular flexibility index (Phi) is 6.25. The van der Waals surface area contributed by atoms with Crippen LogP contribution < -0.4 is 10.5 Å². The standard InChI is InChI=1S/C18H23NO2/c1-15(13-19)17-9-7-16(8-10-17)14-20-11-12-21-18-5-3-2-4-6-18/h2-10,15H,11-14,19H2,1H3. The highest BCUT2D eigenvalue weighted by molar-refractivity contribution is 5.25. The topological polar surface area (TPSA) is 44.5 Å². The molecule has 0 saturated heterocycles. The predicted molar refractivity (Wildman–Crippen MR) is 85.5 cm³/mol. The highest BCUT2D eigenvalue weighted by atomic mass is 16.5. The van der Waals surface area contributed by atoms with Gasteiger partial charge in [-0.3, -0.25) is 0 Å². The maximum atomic E-state index is 5.67. The van der Waals surface area contributed by atoms with Gasteiger partial charge in [0, 0.05) is 0 Å². The molecule has 21 heavy (non-hydrogen) atoms. The van der Waals surface area contributed by atoms with E-state index in [9.17, 15) is 0 Å². The molecule has 2 N–H and O–H groups in total. The highest BCUT2D eigenvalue weighted by Gasteiger charge is 2.02. The van der Waals surface area contributed by atoms with Gasteiger partial charge in [-0.15, -0.1) is 0 Å². The molecular weight excluding hydrogens is 262 g/mol. The Morgan fingerprint density at radius 1 is 0.952 bits per heavy atom. The lowest BCUT2D eigenvalue weighted by Gasteiger charge is -2.10. The van der Waals surface area contributed by atoms with E-state index in [-0.39, 0.29) is 0 Å². The summed E-state index contributed by atoms with van der Waals surface area (Å²) in [4.78, 5) is 0. The van der Waals surface area contributed by atoms with E-state index in [4.69, 9.17) is 15.2 Å². The first kappa shape index (κ1) is 15.5. The molecule has 2 rings (SSSR count). The Morgan fingerprint density at radius 3 is 2.33 bits per heavy atom. The van der Waals surface area contributed by atoms with Gasteiger partial charge in [0.2, 0.25) is 0 Å². The van der Waals surface area contributed by atoms with Crippen LogP contribution in [0.1, 0.15) is 24.0 Å². The van der Waals surface area contributed by atoms with Crippen molar-refractivity contribution >= 4 is 0 Å². The van der Waals surface area contributed by atoms with Gasteiger partial charge in [-0.1, -0.05) is 49.4 Å². The SMILES string of the molecule is CC(CN)c1ccc(COCCOc2ccccc2)cc1. The van der Waals surface area contributed by atoms with E-state index in [1.165, 1.54) is 11.1 Å². The zero-order valence-corrected chi connectivity index (χ0v) is 12.5. The number of rotatable bonds is 8. The summed E-state index contributed by atoms with van der Waals surface area (Å²) in [5.74, 6) is 1.28. The van der Waals surface area contributed by atoms with Gasteiger partial charge in [0.25, 0.3) is 0 Å². The van der Waals surface area contributed by atoms with Crippen LogP contribution in [-0.4, -0.2) is 19.8 Å². The fraction of sp³-hybridized carbons (Fsp3) is 0.333. The third kappa shape index (κ3) is 5.21. The van der Waals surface area contributed by atoms with E-state index in [1.807, 2.05) is 30.3 Å². The average molecular weight is 285 g/mol. The van der Waals surface area contributed by atoms with Crippen LogP contribution in [0.3, 0.4) is 0 Å². The molecule has 0 heterocycles. The minimum absolute atomic E-state index is 0.402. The molecule has 2 aromatic carbocycles. The fourth-order valence-corrected chi connectivity index (χ4v) is 2.00. The summed E-state index contributed by atoms with van der Waals surface area (Å²) in [6.45, 7) is 4.55. The molecule has 0 aromatic heterocycles. The van der Waals surface area contributed by atoms with Crippen LogP contribution in [0.5, 0.6) is 5.75 Å². The van der Waals surface area contributed by atoms with Crippen LogP contribution in [0.15, 0.2) is 54.6 Å². The first-order chi connectivity index (χ1) is 10.3. The number of hydrogen-bond acceptors (Lipinski definition) is 3. The fourth-order valence-electron chi connectivity index (χ4n) is 2.00. The normalized spacial score (nSPS) is 12.1. The first-order valence-corrected chi connectivity index (χ1v) is 7.34. The third-order valence-electron chi connectivity index (χ3n) is 3.41. The third-order valence-corrected chi connectivity index (χ3v) is 3.41. The molecular formula is C18H23NO2. The van der Waals surface area contributed by atoms with Crippen molar-refractivity contribution in [3.63, 3.8) is 0 Å². The van der Waals surface area contributed by atoms with Gasteiger partial charge in [-0.25, -0.2) is 0 Å². The highest BCUT2D eigenvalue weighted by Crippen LogP contribution is 2.15. The lowest BCUT2D eigenvalue weighted by atomic mass is 10.0. The lowest BCUT2D eigenvalue weighted by molar-refractivity contribution is 0.0889. The maximum absolute atomic E-state index is 5.67. The van der Waals surface area contributed by atoms with Gasteiger partial charge in [0.15, 0.2) is 0 Å². The molecule has 1 unspecified atom stereocenters. The van der Waals surface area contributed by atoms with Crippen molar-refractivity contribution in [2.45, 2.75) is 19.4 Å². The van der Waals surface area contributed by atoms with Crippen molar-refractivity contribution < 1.29 is 9.47 Å². The first-order valence-electron chi connectivity index (χ1n) is 7.34. The number of benzene rings is 2. The molecule has 0 aliphatic rings. The van der Waals surface area contributed by atoms with Gasteiger partial charge in [-0.05, 0) is 35.7 Å². The van der Waals surface area contributed by atoms with Gasteiger partial charge < -0.3 is 15.2 Å².